The maximum Gasteiger partial charge on any atom is 0.138 e. The lowest BCUT2D eigenvalue weighted by atomic mass is 9.82. The molecule has 36 heavy (non-hydrogen) atoms. The second-order valence-corrected chi connectivity index (χ2v) is 10.9. The van der Waals surface area contributed by atoms with E-state index < -0.39 is 0 Å². The number of imidazole rings is 1. The minimum Gasteiger partial charge on any atom is -0.342 e. The second kappa shape index (κ2) is 10.4. The number of nitrogens with zero attached hydrogens (tertiary/aromatic N) is 2. The molecule has 2 heterocycles. The highest BCUT2D eigenvalue weighted by Crippen LogP contribution is 2.42. The van der Waals surface area contributed by atoms with E-state index in [0.717, 1.165) is 43.4 Å². The number of aromatic amines is 1. The van der Waals surface area contributed by atoms with Crippen LogP contribution in [0.4, 0.5) is 0 Å². The van der Waals surface area contributed by atoms with Gasteiger partial charge in [0.15, 0.2) is 0 Å². The Morgan fingerprint density at radius 3 is 1.92 bits per heavy atom. The number of aryl methyl sites for hydroxylation is 1. The summed E-state index contributed by atoms with van der Waals surface area (Å²) in [7, 11) is 0. The van der Waals surface area contributed by atoms with Crippen LogP contribution in [0, 0.1) is 6.92 Å². The molecule has 1 unspecified atom stereocenters. The van der Waals surface area contributed by atoms with Gasteiger partial charge in [-0.3, -0.25) is 4.90 Å². The van der Waals surface area contributed by atoms with Crippen molar-refractivity contribution in [3.63, 3.8) is 0 Å². The Bertz CT molecular complexity index is 1230. The minimum absolute atomic E-state index is 0.0337. The number of H-pyrrole nitrogens is 1. The fourth-order valence-corrected chi connectivity index (χ4v) is 5.61. The summed E-state index contributed by atoms with van der Waals surface area (Å²) in [6.45, 7) is 13.0. The molecule has 5 rings (SSSR count). The summed E-state index contributed by atoms with van der Waals surface area (Å²) in [5.41, 5.74) is 7.48. The lowest BCUT2D eigenvalue weighted by Crippen LogP contribution is -2.47. The van der Waals surface area contributed by atoms with E-state index in [2.05, 4.69) is 128 Å². The highest BCUT2D eigenvalue weighted by Gasteiger charge is 2.35. The standard InChI is InChI=1S/C32H38N4/c1-23-29(35-31(34-23)26-17-11-12-18-27(26)32(2,3)4)30(36-21-19-33-20-22-36)28(24-13-7-5-8-14-24)25-15-9-6-10-16-25/h5-18,28,30,33H,19-22H2,1-4H3,(H,34,35). The molecule has 1 atom stereocenters. The van der Waals surface area contributed by atoms with Crippen molar-refractivity contribution in [3.05, 3.63) is 113 Å². The first-order valence-electron chi connectivity index (χ1n) is 13.1. The summed E-state index contributed by atoms with van der Waals surface area (Å²) < 4.78 is 0. The normalized spacial score (nSPS) is 15.8. The number of benzene rings is 3. The van der Waals surface area contributed by atoms with Crippen LogP contribution in [0.15, 0.2) is 84.9 Å². The first-order valence-corrected chi connectivity index (χ1v) is 13.1. The Morgan fingerprint density at radius 1 is 0.778 bits per heavy atom. The van der Waals surface area contributed by atoms with Gasteiger partial charge < -0.3 is 10.3 Å². The van der Waals surface area contributed by atoms with Gasteiger partial charge in [-0.05, 0) is 29.0 Å². The molecule has 2 N–H and O–H groups in total. The Morgan fingerprint density at radius 2 is 1.33 bits per heavy atom. The van der Waals surface area contributed by atoms with Crippen molar-refractivity contribution in [2.45, 2.75) is 45.1 Å². The smallest absolute Gasteiger partial charge is 0.138 e. The summed E-state index contributed by atoms with van der Waals surface area (Å²) in [6, 6.07) is 30.7. The van der Waals surface area contributed by atoms with Crippen molar-refractivity contribution >= 4 is 0 Å². The number of hydrogen-bond donors (Lipinski definition) is 2. The van der Waals surface area contributed by atoms with Crippen LogP contribution in [0.1, 0.15) is 60.8 Å². The maximum atomic E-state index is 5.38. The number of hydrogen-bond acceptors (Lipinski definition) is 3. The number of piperazine rings is 1. The molecule has 0 spiro atoms. The van der Waals surface area contributed by atoms with Crippen LogP contribution in [0.5, 0.6) is 0 Å². The van der Waals surface area contributed by atoms with Gasteiger partial charge in [-0.15, -0.1) is 0 Å². The van der Waals surface area contributed by atoms with E-state index in [-0.39, 0.29) is 17.4 Å². The summed E-state index contributed by atoms with van der Waals surface area (Å²) in [6.07, 6.45) is 0. The molecule has 4 heteroatoms. The third-order valence-corrected chi connectivity index (χ3v) is 7.37. The molecule has 1 aliphatic heterocycles. The van der Waals surface area contributed by atoms with Crippen molar-refractivity contribution in [3.8, 4) is 11.4 Å². The molecule has 1 fully saturated rings. The third-order valence-electron chi connectivity index (χ3n) is 7.37. The molecule has 0 amide bonds. The van der Waals surface area contributed by atoms with Gasteiger partial charge in [-0.2, -0.15) is 0 Å². The van der Waals surface area contributed by atoms with Crippen LogP contribution in [0.25, 0.3) is 11.4 Å². The van der Waals surface area contributed by atoms with Crippen molar-refractivity contribution in [2.75, 3.05) is 26.2 Å². The molecule has 0 aliphatic carbocycles. The predicted octanol–water partition coefficient (Wildman–Crippen LogP) is 6.46. The van der Waals surface area contributed by atoms with Gasteiger partial charge in [0.2, 0.25) is 0 Å². The number of rotatable bonds is 6. The van der Waals surface area contributed by atoms with Gasteiger partial charge in [0.1, 0.15) is 5.82 Å². The zero-order valence-corrected chi connectivity index (χ0v) is 22.0. The summed E-state index contributed by atoms with van der Waals surface area (Å²) in [5, 5.41) is 3.54. The van der Waals surface area contributed by atoms with Crippen molar-refractivity contribution in [1.29, 1.82) is 0 Å². The first-order chi connectivity index (χ1) is 17.4. The summed E-state index contributed by atoms with van der Waals surface area (Å²) >= 11 is 0. The monoisotopic (exact) mass is 478 g/mol. The molecule has 4 aromatic rings. The van der Waals surface area contributed by atoms with Crippen LogP contribution in [0.2, 0.25) is 0 Å². The molecule has 1 aliphatic rings. The van der Waals surface area contributed by atoms with Crippen molar-refractivity contribution in [2.24, 2.45) is 0 Å². The maximum absolute atomic E-state index is 5.38. The van der Waals surface area contributed by atoms with Gasteiger partial charge >= 0.3 is 0 Å². The van der Waals surface area contributed by atoms with Crippen molar-refractivity contribution in [1.82, 2.24) is 20.2 Å². The van der Waals surface area contributed by atoms with E-state index in [1.807, 2.05) is 0 Å². The van der Waals surface area contributed by atoms with Gasteiger partial charge in [-0.25, -0.2) is 4.98 Å². The van der Waals surface area contributed by atoms with Gasteiger partial charge in [-0.1, -0.05) is 106 Å². The third kappa shape index (κ3) is 5.02. The van der Waals surface area contributed by atoms with Crippen LogP contribution in [0.3, 0.4) is 0 Å². The largest absolute Gasteiger partial charge is 0.342 e. The van der Waals surface area contributed by atoms with Crippen LogP contribution < -0.4 is 5.32 Å². The molecule has 3 aromatic carbocycles. The lowest BCUT2D eigenvalue weighted by Gasteiger charge is -2.39. The van der Waals surface area contributed by atoms with E-state index in [9.17, 15) is 0 Å². The Labute approximate surface area is 215 Å². The number of nitrogens with one attached hydrogen (secondary N) is 2. The molecule has 186 valence electrons. The zero-order valence-electron chi connectivity index (χ0n) is 22.0. The first kappa shape index (κ1) is 24.5. The molecular weight excluding hydrogens is 440 g/mol. The topological polar surface area (TPSA) is 44.0 Å². The zero-order chi connectivity index (χ0) is 25.1. The molecule has 0 bridgehead atoms. The predicted molar refractivity (Wildman–Crippen MR) is 149 cm³/mol. The van der Waals surface area contributed by atoms with Crippen molar-refractivity contribution < 1.29 is 0 Å². The second-order valence-electron chi connectivity index (χ2n) is 10.9. The Kier molecular flexibility index (Phi) is 7.08. The highest BCUT2D eigenvalue weighted by atomic mass is 15.2. The molecule has 1 aromatic heterocycles. The molecule has 0 saturated carbocycles. The van der Waals surface area contributed by atoms with E-state index in [1.54, 1.807) is 0 Å². The summed E-state index contributed by atoms with van der Waals surface area (Å²) in [5.74, 6) is 1.14. The van der Waals surface area contributed by atoms with Crippen LogP contribution in [-0.2, 0) is 5.41 Å². The quantitative estimate of drug-likeness (QED) is 0.334. The molecule has 0 radical (unpaired) electrons. The van der Waals surface area contributed by atoms with Gasteiger partial charge in [0.05, 0.1) is 11.7 Å². The Hall–Kier alpha value is -3.21. The summed E-state index contributed by atoms with van der Waals surface area (Å²) in [4.78, 5) is 11.7. The van der Waals surface area contributed by atoms with E-state index in [0.29, 0.717) is 0 Å². The van der Waals surface area contributed by atoms with Crippen LogP contribution in [-0.4, -0.2) is 41.0 Å². The fourth-order valence-electron chi connectivity index (χ4n) is 5.61. The minimum atomic E-state index is 0.0337. The lowest BCUT2D eigenvalue weighted by molar-refractivity contribution is 0.156. The Balaban J connectivity index is 1.67. The average Bonchev–Trinajstić information content (AvgIpc) is 3.29. The molecular formula is C32H38N4. The SMILES string of the molecule is Cc1[nH]c(-c2ccccc2C(C)(C)C)nc1C(C(c1ccccc1)c1ccccc1)N1CCNCC1. The average molecular weight is 479 g/mol. The van der Waals surface area contributed by atoms with Crippen LogP contribution >= 0.6 is 0 Å². The van der Waals surface area contributed by atoms with E-state index in [1.165, 1.54) is 22.3 Å². The van der Waals surface area contributed by atoms with E-state index >= 15 is 0 Å². The van der Waals surface area contributed by atoms with Gasteiger partial charge in [0, 0.05) is 43.4 Å². The molecule has 4 nitrogen and oxygen atoms in total. The number of aromatic nitrogens is 2. The fraction of sp³-hybridized carbons (Fsp3) is 0.344. The van der Waals surface area contributed by atoms with Gasteiger partial charge in [0.25, 0.3) is 0 Å². The highest BCUT2D eigenvalue weighted by molar-refractivity contribution is 5.63. The molecule has 1 saturated heterocycles. The van der Waals surface area contributed by atoms with E-state index in [4.69, 9.17) is 4.98 Å².